The molecule has 0 saturated carbocycles. The fourth-order valence-corrected chi connectivity index (χ4v) is 3.17. The first-order chi connectivity index (χ1) is 11.7. The second kappa shape index (κ2) is 10.1. The number of benzene rings is 1. The van der Waals surface area contributed by atoms with Crippen LogP contribution >= 0.6 is 0 Å². The average Bonchev–Trinajstić information content (AvgIpc) is 2.51. The van der Waals surface area contributed by atoms with E-state index in [1.165, 1.54) is 0 Å². The highest BCUT2D eigenvalue weighted by molar-refractivity contribution is 7.84. The van der Waals surface area contributed by atoms with E-state index in [2.05, 4.69) is 10.6 Å². The van der Waals surface area contributed by atoms with Crippen molar-refractivity contribution in [3.05, 3.63) is 29.8 Å². The van der Waals surface area contributed by atoms with Crippen molar-refractivity contribution in [1.29, 1.82) is 0 Å². The number of amides is 2. The van der Waals surface area contributed by atoms with Crippen LogP contribution in [0, 0.1) is 0 Å². The number of aliphatic carboxylic acids is 1. The van der Waals surface area contributed by atoms with Crippen LogP contribution in [0.15, 0.2) is 24.3 Å². The monoisotopic (exact) mass is 370 g/mol. The smallest absolute Gasteiger partial charge is 0.319 e. The number of carboxylic acid groups (broad SMARTS) is 1. The zero-order chi connectivity index (χ0) is 18.9. The summed E-state index contributed by atoms with van der Waals surface area (Å²) >= 11 is 0. The van der Waals surface area contributed by atoms with Crippen LogP contribution in [-0.2, 0) is 26.1 Å². The number of urea groups is 1. The molecule has 1 unspecified atom stereocenters. The van der Waals surface area contributed by atoms with Gasteiger partial charge in [0, 0.05) is 47.1 Å². The number of ether oxygens (including phenoxy) is 1. The van der Waals surface area contributed by atoms with Crippen molar-refractivity contribution in [2.45, 2.75) is 38.0 Å². The minimum absolute atomic E-state index is 0.0178. The lowest BCUT2D eigenvalue weighted by atomic mass is 9.99. The molecule has 2 amide bonds. The Morgan fingerprint density at radius 2 is 2.04 bits per heavy atom. The second-order valence-corrected chi connectivity index (χ2v) is 7.91. The molecule has 0 bridgehead atoms. The van der Waals surface area contributed by atoms with Gasteiger partial charge < -0.3 is 20.5 Å². The number of carboxylic acids is 1. The molecule has 8 heteroatoms. The van der Waals surface area contributed by atoms with Gasteiger partial charge >= 0.3 is 12.0 Å². The predicted molar refractivity (Wildman–Crippen MR) is 98.1 cm³/mol. The highest BCUT2D eigenvalue weighted by Gasteiger charge is 2.21. The Balaban J connectivity index is 2.58. The Kier molecular flexibility index (Phi) is 8.57. The van der Waals surface area contributed by atoms with E-state index in [4.69, 9.17) is 9.84 Å². The molecule has 0 aliphatic heterocycles. The Bertz CT molecular complexity index is 619. The van der Waals surface area contributed by atoms with Gasteiger partial charge in [0.15, 0.2) is 0 Å². The number of carbonyl (C=O) groups excluding carboxylic acids is 1. The first-order valence-electron chi connectivity index (χ1n) is 7.95. The number of anilines is 1. The zero-order valence-corrected chi connectivity index (χ0v) is 15.6. The number of rotatable bonds is 10. The molecule has 0 fully saturated rings. The van der Waals surface area contributed by atoms with Crippen molar-refractivity contribution in [1.82, 2.24) is 5.32 Å². The van der Waals surface area contributed by atoms with Crippen molar-refractivity contribution < 1.29 is 23.6 Å². The molecule has 7 nitrogen and oxygen atoms in total. The number of hydrogen-bond acceptors (Lipinski definition) is 4. The summed E-state index contributed by atoms with van der Waals surface area (Å²) in [4.78, 5) is 22.8. The summed E-state index contributed by atoms with van der Waals surface area (Å²) in [6.07, 6.45) is 0.310. The van der Waals surface area contributed by atoms with Crippen LogP contribution in [0.5, 0.6) is 0 Å². The molecule has 140 valence electrons. The van der Waals surface area contributed by atoms with Gasteiger partial charge in [-0.15, -0.1) is 0 Å². The average molecular weight is 370 g/mol. The Morgan fingerprint density at radius 3 is 2.68 bits per heavy atom. The number of carbonyl (C=O) groups is 2. The molecule has 0 saturated heterocycles. The van der Waals surface area contributed by atoms with Gasteiger partial charge in [-0.2, -0.15) is 0 Å². The fraction of sp³-hybridized carbons (Fsp3) is 0.529. The zero-order valence-electron chi connectivity index (χ0n) is 14.8. The Morgan fingerprint density at radius 1 is 1.32 bits per heavy atom. The Hall–Kier alpha value is -1.93. The predicted octanol–water partition coefficient (Wildman–Crippen LogP) is 2.35. The molecule has 0 aliphatic carbocycles. The molecule has 1 rings (SSSR count). The molecule has 0 aromatic heterocycles. The van der Waals surface area contributed by atoms with E-state index in [0.717, 1.165) is 5.56 Å². The van der Waals surface area contributed by atoms with Crippen LogP contribution in [0.4, 0.5) is 10.5 Å². The van der Waals surface area contributed by atoms with Gasteiger partial charge in [-0.25, -0.2) is 4.79 Å². The van der Waals surface area contributed by atoms with E-state index in [0.29, 0.717) is 30.2 Å². The topological polar surface area (TPSA) is 105 Å². The largest absolute Gasteiger partial charge is 0.481 e. The molecule has 0 heterocycles. The van der Waals surface area contributed by atoms with Gasteiger partial charge in [0.2, 0.25) is 0 Å². The van der Waals surface area contributed by atoms with Gasteiger partial charge in [0.05, 0.1) is 6.61 Å². The molecule has 0 aliphatic rings. The third-order valence-electron chi connectivity index (χ3n) is 3.44. The highest BCUT2D eigenvalue weighted by atomic mass is 32.2. The van der Waals surface area contributed by atoms with E-state index >= 15 is 0 Å². The first kappa shape index (κ1) is 21.1. The van der Waals surface area contributed by atoms with Gasteiger partial charge in [-0.1, -0.05) is 12.1 Å². The van der Waals surface area contributed by atoms with Crippen LogP contribution < -0.4 is 10.6 Å². The SMILES string of the molecule is COCCS(=O)Cc1cccc(NC(=O)NC(C)(C)CCC(=O)O)c1. The van der Waals surface area contributed by atoms with Crippen LogP contribution in [0.25, 0.3) is 0 Å². The minimum Gasteiger partial charge on any atom is -0.481 e. The summed E-state index contributed by atoms with van der Waals surface area (Å²) in [5.74, 6) is -0.0405. The molecule has 1 aromatic rings. The molecular formula is C17H26N2O5S. The summed E-state index contributed by atoms with van der Waals surface area (Å²) < 4.78 is 16.8. The molecule has 1 aromatic carbocycles. The summed E-state index contributed by atoms with van der Waals surface area (Å²) in [6, 6.07) is 6.74. The maximum Gasteiger partial charge on any atom is 0.319 e. The van der Waals surface area contributed by atoms with E-state index in [9.17, 15) is 13.8 Å². The third kappa shape index (κ3) is 9.21. The fourth-order valence-electron chi connectivity index (χ4n) is 2.12. The molecule has 0 radical (unpaired) electrons. The summed E-state index contributed by atoms with van der Waals surface area (Å²) in [5.41, 5.74) is 0.812. The van der Waals surface area contributed by atoms with E-state index in [-0.39, 0.29) is 6.42 Å². The van der Waals surface area contributed by atoms with E-state index < -0.39 is 28.3 Å². The van der Waals surface area contributed by atoms with Gasteiger partial charge in [0.25, 0.3) is 0 Å². The number of nitrogens with one attached hydrogen (secondary N) is 2. The van der Waals surface area contributed by atoms with Gasteiger partial charge in [0.1, 0.15) is 0 Å². The summed E-state index contributed by atoms with van der Waals surface area (Å²) in [5, 5.41) is 14.2. The quantitative estimate of drug-likeness (QED) is 0.586. The van der Waals surface area contributed by atoms with Crippen LogP contribution in [0.3, 0.4) is 0 Å². The van der Waals surface area contributed by atoms with Crippen molar-refractivity contribution in [2.75, 3.05) is 24.8 Å². The second-order valence-electron chi connectivity index (χ2n) is 6.34. The molecule has 1 atom stereocenters. The number of methoxy groups -OCH3 is 1. The summed E-state index contributed by atoms with van der Waals surface area (Å²) in [7, 11) is 0.544. The maximum absolute atomic E-state index is 12.1. The molecule has 0 spiro atoms. The lowest BCUT2D eigenvalue weighted by molar-refractivity contribution is -0.137. The van der Waals surface area contributed by atoms with Crippen molar-refractivity contribution in [3.63, 3.8) is 0 Å². The summed E-state index contributed by atoms with van der Waals surface area (Å²) in [6.45, 7) is 3.98. The molecule has 25 heavy (non-hydrogen) atoms. The maximum atomic E-state index is 12.1. The lowest BCUT2D eigenvalue weighted by Gasteiger charge is -2.25. The van der Waals surface area contributed by atoms with Crippen LogP contribution in [0.1, 0.15) is 32.3 Å². The number of hydrogen-bond donors (Lipinski definition) is 3. The Labute approximate surface area is 150 Å². The van der Waals surface area contributed by atoms with Crippen molar-refractivity contribution in [3.8, 4) is 0 Å². The van der Waals surface area contributed by atoms with Crippen molar-refractivity contribution in [2.24, 2.45) is 0 Å². The lowest BCUT2D eigenvalue weighted by Crippen LogP contribution is -2.45. The van der Waals surface area contributed by atoms with Gasteiger partial charge in [-0.3, -0.25) is 9.00 Å². The first-order valence-corrected chi connectivity index (χ1v) is 9.44. The normalized spacial score (nSPS) is 12.4. The highest BCUT2D eigenvalue weighted by Crippen LogP contribution is 2.15. The van der Waals surface area contributed by atoms with Crippen molar-refractivity contribution >= 4 is 28.5 Å². The van der Waals surface area contributed by atoms with E-state index in [1.807, 2.05) is 6.07 Å². The van der Waals surface area contributed by atoms with E-state index in [1.54, 1.807) is 39.2 Å². The van der Waals surface area contributed by atoms with Crippen LogP contribution in [0.2, 0.25) is 0 Å². The molecular weight excluding hydrogens is 344 g/mol. The van der Waals surface area contributed by atoms with Gasteiger partial charge in [-0.05, 0) is 38.0 Å². The third-order valence-corrected chi connectivity index (χ3v) is 4.72. The standard InChI is InChI=1S/C17H26N2O5S/c1-17(2,8-7-15(20)21)19-16(22)18-14-6-4-5-13(11-14)12-25(23)10-9-24-3/h4-6,11H,7-10,12H2,1-3H3,(H,20,21)(H2,18,19,22). The molecule has 3 N–H and O–H groups in total. The minimum atomic E-state index is -1.02. The van der Waals surface area contributed by atoms with Crippen LogP contribution in [-0.4, -0.2) is 46.3 Å².